The van der Waals surface area contributed by atoms with Crippen LogP contribution in [0.1, 0.15) is 125 Å². The summed E-state index contributed by atoms with van der Waals surface area (Å²) in [6, 6.07) is 26.3. The van der Waals surface area contributed by atoms with Gasteiger partial charge in [-0.15, -0.1) is 5.06 Å². The van der Waals surface area contributed by atoms with Crippen LogP contribution in [0.5, 0.6) is 17.2 Å². The summed E-state index contributed by atoms with van der Waals surface area (Å²) in [6.45, 7) is 4.94. The second-order valence-electron chi connectivity index (χ2n) is 22.1. The van der Waals surface area contributed by atoms with Gasteiger partial charge in [0.05, 0.1) is 18.9 Å². The van der Waals surface area contributed by atoms with Crippen LogP contribution in [0.4, 0.5) is 17.1 Å². The Bertz CT molecular complexity index is 3570. The lowest BCUT2D eigenvalue weighted by molar-refractivity contribution is -0.197. The van der Waals surface area contributed by atoms with Gasteiger partial charge in [-0.3, -0.25) is 38.1 Å². The molecule has 434 valence electrons. The molecule has 20 nitrogen and oxygen atoms in total. The predicted molar refractivity (Wildman–Crippen MR) is 303 cm³/mol. The number of hydroxylamine groups is 2. The minimum atomic E-state index is -4.45. The second-order valence-corrected chi connectivity index (χ2v) is 23.6. The number of imide groups is 1. The van der Waals surface area contributed by atoms with E-state index < -0.39 is 75.2 Å². The Labute approximate surface area is 480 Å². The largest absolute Gasteiger partial charge is 0.493 e. The van der Waals surface area contributed by atoms with Crippen molar-refractivity contribution in [3.63, 3.8) is 0 Å². The highest BCUT2D eigenvalue weighted by Crippen LogP contribution is 2.44. The quantitative estimate of drug-likeness (QED) is 0.0365. The summed E-state index contributed by atoms with van der Waals surface area (Å²) in [5.41, 5.74) is 8.31. The Morgan fingerprint density at radius 1 is 0.699 bits per heavy atom. The van der Waals surface area contributed by atoms with E-state index in [1.54, 1.807) is 36.1 Å². The Hall–Kier alpha value is -8.43. The first-order chi connectivity index (χ1) is 39.7. The van der Waals surface area contributed by atoms with E-state index in [0.717, 1.165) is 40.8 Å². The maximum Gasteiger partial charge on any atom is 0.333 e. The normalized spacial score (nSPS) is 18.6. The van der Waals surface area contributed by atoms with Gasteiger partial charge in [0, 0.05) is 84.2 Å². The number of carbonyl (C=O) groups is 8. The molecule has 0 aromatic heterocycles. The number of nitrogens with one attached hydrogen (secondary N) is 2. The number of unbranched alkanes of at least 4 members (excludes halogenated alkanes) is 1. The molecular formula is C62H65N5O15S. The maximum absolute atomic E-state index is 14.5. The Morgan fingerprint density at radius 3 is 2.00 bits per heavy atom. The minimum Gasteiger partial charge on any atom is -0.493 e. The minimum absolute atomic E-state index is 0.0139. The number of aryl methyl sites for hydroxylation is 2. The van der Waals surface area contributed by atoms with Crippen molar-refractivity contribution in [2.75, 3.05) is 28.0 Å². The zero-order valence-corrected chi connectivity index (χ0v) is 47.4. The van der Waals surface area contributed by atoms with Gasteiger partial charge < -0.3 is 39.5 Å². The number of hydrogen-bond acceptors (Lipinski definition) is 14. The summed E-state index contributed by atoms with van der Waals surface area (Å²) in [7, 11) is -3.01. The zero-order chi connectivity index (χ0) is 58.9. The zero-order valence-electron chi connectivity index (χ0n) is 46.6. The van der Waals surface area contributed by atoms with Crippen LogP contribution < -0.4 is 34.6 Å². The highest BCUT2D eigenvalue weighted by molar-refractivity contribution is 7.85. The van der Waals surface area contributed by atoms with Crippen LogP contribution in [0, 0.1) is 18.8 Å². The number of amides is 6. The third kappa shape index (κ3) is 12.8. The van der Waals surface area contributed by atoms with Crippen LogP contribution in [0.3, 0.4) is 0 Å². The van der Waals surface area contributed by atoms with Gasteiger partial charge in [-0.25, -0.2) is 4.79 Å². The summed E-state index contributed by atoms with van der Waals surface area (Å²) in [5.74, 6) is -4.68. The molecule has 1 fully saturated rings. The molecule has 3 N–H and O–H groups in total. The van der Waals surface area contributed by atoms with Crippen molar-refractivity contribution in [1.82, 2.24) is 10.4 Å². The summed E-state index contributed by atoms with van der Waals surface area (Å²) in [4.78, 5) is 113. The average molecular weight is 1150 g/mol. The Morgan fingerprint density at radius 2 is 1.31 bits per heavy atom. The molecular weight excluding hydrogens is 1090 g/mol. The van der Waals surface area contributed by atoms with Crippen LogP contribution in [0.25, 0.3) is 0 Å². The molecule has 10 rings (SSSR count). The van der Waals surface area contributed by atoms with Crippen LogP contribution in [-0.2, 0) is 82.6 Å². The molecule has 0 bridgehead atoms. The van der Waals surface area contributed by atoms with Crippen molar-refractivity contribution in [1.29, 1.82) is 0 Å². The van der Waals surface area contributed by atoms with Crippen LogP contribution in [-0.4, -0.2) is 96.2 Å². The maximum atomic E-state index is 14.5. The van der Waals surface area contributed by atoms with Gasteiger partial charge in [-0.2, -0.15) is 8.42 Å². The fourth-order valence-electron chi connectivity index (χ4n) is 11.9. The van der Waals surface area contributed by atoms with E-state index in [-0.39, 0.29) is 93.9 Å². The molecule has 5 aromatic rings. The molecule has 21 heteroatoms. The number of nitrogens with zero attached hydrogens (tertiary/aromatic N) is 3. The van der Waals surface area contributed by atoms with E-state index >= 15 is 0 Å². The second kappa shape index (κ2) is 24.2. The van der Waals surface area contributed by atoms with E-state index in [2.05, 4.69) is 16.7 Å². The number of hydrogen-bond donors (Lipinski definition) is 3. The number of Topliss-reactive ketones (excluding diaryl/α,β-unsaturated/α-hetero) is 1. The number of carbonyl (C=O) groups excluding carboxylic acids is 8. The number of ether oxygens (including phenoxy) is 3. The van der Waals surface area contributed by atoms with Crippen molar-refractivity contribution in [3.8, 4) is 17.2 Å². The van der Waals surface area contributed by atoms with E-state index in [0.29, 0.717) is 62.8 Å². The standard InChI is InChI=1S/C62H65N5O15S/c1-35-21-47-40(17-18-46-27-41-11-5-7-13-49(41)65(46)61(47)74)29-53(35)80-32-38-23-39(25-45(24-38)64-60(73)36(2)22-52(68)37(3)63-56(69)15-9-10-16-59(72)82-67-57(70)19-20-58(67)71)33-81-55-30-43-26-44(34-83(76,77)78)51-28-42-12-6-8-14-50(42)66(51)62(75)48(43)31-54(55)79-4/h5-8,11-14,21,23-25,29-31,36-37,44,46,51H,9-10,15-20,22,26-28,32-34H2,1-4H3,(H,63,69)(H,64,73)(H,76,77,78)/t36-,37+,44?,46+,51-/m1/s1. The fourth-order valence-corrected chi connectivity index (χ4v) is 12.8. The molecule has 5 aliphatic rings. The number of anilines is 3. The molecule has 5 aromatic carbocycles. The van der Waals surface area contributed by atoms with Gasteiger partial charge >= 0.3 is 5.97 Å². The monoisotopic (exact) mass is 1150 g/mol. The number of para-hydroxylation sites is 2. The van der Waals surface area contributed by atoms with Gasteiger partial charge in [0.25, 0.3) is 33.7 Å². The molecule has 5 heterocycles. The molecule has 0 radical (unpaired) electrons. The summed E-state index contributed by atoms with van der Waals surface area (Å²) in [6.07, 6.45) is 2.86. The molecule has 0 saturated carbocycles. The summed E-state index contributed by atoms with van der Waals surface area (Å²) in [5, 5.41) is 6.07. The molecule has 5 aliphatic heterocycles. The van der Waals surface area contributed by atoms with E-state index in [1.165, 1.54) is 14.0 Å². The van der Waals surface area contributed by atoms with Crippen molar-refractivity contribution in [2.24, 2.45) is 11.8 Å². The first kappa shape index (κ1) is 57.8. The summed E-state index contributed by atoms with van der Waals surface area (Å²) >= 11 is 0. The lowest BCUT2D eigenvalue weighted by atomic mass is 9.91. The summed E-state index contributed by atoms with van der Waals surface area (Å²) < 4.78 is 53.8. The van der Waals surface area contributed by atoms with Crippen molar-refractivity contribution in [2.45, 2.75) is 129 Å². The first-order valence-corrected chi connectivity index (χ1v) is 29.5. The molecule has 1 unspecified atom stereocenters. The third-order valence-corrected chi connectivity index (χ3v) is 17.0. The number of methoxy groups -OCH3 is 1. The number of benzene rings is 5. The SMILES string of the molecule is COc1cc2c(cc1OCc1cc(COc3cc4c(cc3C)C(=O)N3c5ccccc5C[C@@H]3CC4)cc(NC(=O)[C@H](C)CC(=O)[C@H](C)NC(=O)CCCCC(=O)ON3C(=O)CCC3=O)c1)CC(CS(=O)(=O)O)[C@H]1Cc3ccccc3N1C2=O. The average Bonchev–Trinajstić information content (AvgIpc) is 2.40. The molecule has 0 spiro atoms. The van der Waals surface area contributed by atoms with Gasteiger partial charge in [0.2, 0.25) is 11.8 Å². The molecule has 6 amide bonds. The van der Waals surface area contributed by atoms with Gasteiger partial charge in [0.15, 0.2) is 17.3 Å². The first-order valence-electron chi connectivity index (χ1n) is 27.9. The highest BCUT2D eigenvalue weighted by Gasteiger charge is 2.44. The van der Waals surface area contributed by atoms with E-state index in [9.17, 15) is 51.3 Å². The van der Waals surface area contributed by atoms with Crippen molar-refractivity contribution < 1.29 is 70.4 Å². The molecule has 5 atom stereocenters. The number of fused-ring (bicyclic) bond motifs is 8. The fraction of sp³-hybridized carbons (Fsp3) is 0.387. The smallest absolute Gasteiger partial charge is 0.333 e. The van der Waals surface area contributed by atoms with Crippen molar-refractivity contribution >= 4 is 74.4 Å². The molecule has 1 saturated heterocycles. The van der Waals surface area contributed by atoms with Crippen molar-refractivity contribution in [3.05, 3.63) is 141 Å². The van der Waals surface area contributed by atoms with Crippen LogP contribution in [0.2, 0.25) is 0 Å². The topological polar surface area (TPSA) is 262 Å². The van der Waals surface area contributed by atoms with Gasteiger partial charge in [-0.1, -0.05) is 43.3 Å². The van der Waals surface area contributed by atoms with E-state index in [4.69, 9.17) is 19.0 Å². The Kier molecular flexibility index (Phi) is 16.8. The third-order valence-electron chi connectivity index (χ3n) is 16.1. The molecule has 0 aliphatic carbocycles. The van der Waals surface area contributed by atoms with Crippen LogP contribution >= 0.6 is 0 Å². The van der Waals surface area contributed by atoms with Gasteiger partial charge in [-0.05, 0) is 152 Å². The lowest BCUT2D eigenvalue weighted by Crippen LogP contribution is -2.43. The van der Waals surface area contributed by atoms with E-state index in [1.807, 2.05) is 72.5 Å². The number of rotatable bonds is 21. The number of ketones is 1. The van der Waals surface area contributed by atoms with Gasteiger partial charge in [0.1, 0.15) is 19.0 Å². The lowest BCUT2D eigenvalue weighted by Gasteiger charge is -2.28. The highest BCUT2D eigenvalue weighted by atomic mass is 32.2. The van der Waals surface area contributed by atoms with Crippen LogP contribution in [0.15, 0.2) is 91.0 Å². The molecule has 83 heavy (non-hydrogen) atoms. The predicted octanol–water partition coefficient (Wildman–Crippen LogP) is 7.52. The Balaban J connectivity index is 0.843.